The number of rotatable bonds is 3. The predicted octanol–water partition coefficient (Wildman–Crippen LogP) is 2.90. The van der Waals surface area contributed by atoms with Crippen molar-refractivity contribution in [3.05, 3.63) is 47.2 Å². The first-order chi connectivity index (χ1) is 13.6. The Morgan fingerprint density at radius 1 is 1.25 bits per heavy atom. The molecule has 0 amide bonds. The third-order valence-corrected chi connectivity index (χ3v) is 5.98. The van der Waals surface area contributed by atoms with Crippen molar-refractivity contribution in [1.82, 2.24) is 14.9 Å². The molecule has 0 radical (unpaired) electrons. The zero-order valence-corrected chi connectivity index (χ0v) is 16.2. The van der Waals surface area contributed by atoms with Crippen molar-refractivity contribution in [2.24, 2.45) is 7.05 Å². The number of anilines is 2. The number of pyridine rings is 1. The zero-order chi connectivity index (χ0) is 19.3. The molecular formula is C22H24N4O2. The van der Waals surface area contributed by atoms with Gasteiger partial charge < -0.3 is 19.9 Å². The number of likely N-dealkylation sites (N-methyl/N-ethyl adjacent to an activating group) is 1. The predicted molar refractivity (Wildman–Crippen MR) is 110 cm³/mol. The number of fused-ring (bicyclic) bond motifs is 4. The smallest absolute Gasteiger partial charge is 0.174 e. The molecule has 28 heavy (non-hydrogen) atoms. The van der Waals surface area contributed by atoms with E-state index in [-0.39, 0.29) is 12.4 Å². The molecule has 0 saturated heterocycles. The van der Waals surface area contributed by atoms with Gasteiger partial charge in [0, 0.05) is 47.9 Å². The number of nitrogens with zero attached hydrogens (tertiary/aromatic N) is 2. The summed E-state index contributed by atoms with van der Waals surface area (Å²) in [5.74, 6) is 1.70. The molecule has 6 nitrogen and oxygen atoms in total. The van der Waals surface area contributed by atoms with Crippen LogP contribution in [-0.2, 0) is 31.1 Å². The average molecular weight is 376 g/mol. The van der Waals surface area contributed by atoms with E-state index >= 15 is 0 Å². The van der Waals surface area contributed by atoms with E-state index in [2.05, 4.69) is 28.3 Å². The van der Waals surface area contributed by atoms with Crippen molar-refractivity contribution in [1.29, 1.82) is 0 Å². The van der Waals surface area contributed by atoms with Crippen LogP contribution in [0.3, 0.4) is 0 Å². The van der Waals surface area contributed by atoms with Gasteiger partial charge >= 0.3 is 0 Å². The number of hydrogen-bond donors (Lipinski definition) is 2. The molecule has 1 aromatic carbocycles. The van der Waals surface area contributed by atoms with Crippen LogP contribution in [0.1, 0.15) is 23.2 Å². The fraction of sp³-hybridized carbons (Fsp3) is 0.364. The van der Waals surface area contributed by atoms with Gasteiger partial charge in [-0.05, 0) is 50.1 Å². The number of aromatic nitrogens is 2. The van der Waals surface area contributed by atoms with E-state index < -0.39 is 0 Å². The SMILES string of the molecule is CNC1CCc2c(c3ccc(Nc4ccc5c(c4)OCC(=O)C5)nc3n2C)C1. The minimum Gasteiger partial charge on any atom is -0.485 e. The van der Waals surface area contributed by atoms with Gasteiger partial charge in [0.15, 0.2) is 5.78 Å². The summed E-state index contributed by atoms with van der Waals surface area (Å²) in [5.41, 5.74) is 5.70. The molecule has 5 rings (SSSR count). The molecule has 0 fully saturated rings. The van der Waals surface area contributed by atoms with Crippen LogP contribution in [0.4, 0.5) is 11.5 Å². The Labute approximate surface area is 163 Å². The van der Waals surface area contributed by atoms with E-state index in [0.29, 0.717) is 12.5 Å². The fourth-order valence-electron chi connectivity index (χ4n) is 4.43. The first kappa shape index (κ1) is 17.3. The molecule has 0 spiro atoms. The van der Waals surface area contributed by atoms with Crippen LogP contribution in [0.5, 0.6) is 5.75 Å². The van der Waals surface area contributed by atoms with Crippen molar-refractivity contribution < 1.29 is 9.53 Å². The quantitative estimate of drug-likeness (QED) is 0.736. The van der Waals surface area contributed by atoms with Crippen LogP contribution >= 0.6 is 0 Å². The van der Waals surface area contributed by atoms with Crippen LogP contribution in [0.25, 0.3) is 11.0 Å². The maximum atomic E-state index is 11.5. The summed E-state index contributed by atoms with van der Waals surface area (Å²) < 4.78 is 7.80. The number of ketones is 1. The van der Waals surface area contributed by atoms with Gasteiger partial charge in [-0.3, -0.25) is 4.79 Å². The van der Waals surface area contributed by atoms with Gasteiger partial charge in [0.05, 0.1) is 0 Å². The molecule has 2 aromatic heterocycles. The lowest BCUT2D eigenvalue weighted by Crippen LogP contribution is -2.31. The third kappa shape index (κ3) is 2.85. The second-order valence-electron chi connectivity index (χ2n) is 7.73. The van der Waals surface area contributed by atoms with E-state index in [1.54, 1.807) is 0 Å². The lowest BCUT2D eigenvalue weighted by atomic mass is 9.92. The van der Waals surface area contributed by atoms with Gasteiger partial charge in [-0.15, -0.1) is 0 Å². The van der Waals surface area contributed by atoms with Gasteiger partial charge in [-0.1, -0.05) is 6.07 Å². The summed E-state index contributed by atoms with van der Waals surface area (Å²) in [6.07, 6.45) is 3.74. The number of hydrogen-bond acceptors (Lipinski definition) is 5. The van der Waals surface area contributed by atoms with Crippen molar-refractivity contribution in [3.8, 4) is 5.75 Å². The van der Waals surface area contributed by atoms with Crippen LogP contribution in [-0.4, -0.2) is 35.0 Å². The summed E-state index contributed by atoms with van der Waals surface area (Å²) >= 11 is 0. The minimum absolute atomic E-state index is 0.119. The Morgan fingerprint density at radius 2 is 2.14 bits per heavy atom. The van der Waals surface area contributed by atoms with E-state index in [1.165, 1.54) is 16.6 Å². The molecule has 1 aliphatic carbocycles. The Kier molecular flexibility index (Phi) is 4.09. The summed E-state index contributed by atoms with van der Waals surface area (Å²) in [5, 5.41) is 8.04. The van der Waals surface area contributed by atoms with E-state index in [0.717, 1.165) is 47.7 Å². The first-order valence-electron chi connectivity index (χ1n) is 9.81. The monoisotopic (exact) mass is 376 g/mol. The van der Waals surface area contributed by atoms with Gasteiger partial charge in [-0.2, -0.15) is 0 Å². The largest absolute Gasteiger partial charge is 0.485 e. The van der Waals surface area contributed by atoms with E-state index in [4.69, 9.17) is 9.72 Å². The number of carbonyl (C=O) groups excluding carboxylic acids is 1. The highest BCUT2D eigenvalue weighted by atomic mass is 16.5. The van der Waals surface area contributed by atoms with Crippen LogP contribution in [0.15, 0.2) is 30.3 Å². The molecule has 2 aliphatic rings. The molecular weight excluding hydrogens is 352 g/mol. The standard InChI is InChI=1S/C22H24N4O2/c1-23-14-5-7-19-18(10-14)17-6-8-21(25-22(17)26(19)2)24-15-4-3-13-9-16(27)12-28-20(13)11-15/h3-4,6,8,11,14,23H,5,7,9-10,12H2,1-2H3,(H,24,25). The number of benzene rings is 1. The molecule has 0 bridgehead atoms. The molecule has 2 N–H and O–H groups in total. The highest BCUT2D eigenvalue weighted by Gasteiger charge is 2.24. The van der Waals surface area contributed by atoms with Crippen molar-refractivity contribution in [2.75, 3.05) is 19.0 Å². The summed E-state index contributed by atoms with van der Waals surface area (Å²) in [6.45, 7) is 0.156. The normalized spacial score (nSPS) is 18.5. The van der Waals surface area contributed by atoms with Crippen LogP contribution in [0.2, 0.25) is 0 Å². The lowest BCUT2D eigenvalue weighted by molar-refractivity contribution is -0.121. The maximum Gasteiger partial charge on any atom is 0.174 e. The molecule has 1 atom stereocenters. The van der Waals surface area contributed by atoms with Crippen LogP contribution < -0.4 is 15.4 Å². The second kappa shape index (κ2) is 6.63. The first-order valence-corrected chi connectivity index (χ1v) is 9.81. The van der Waals surface area contributed by atoms with E-state index in [1.807, 2.05) is 31.3 Å². The lowest BCUT2D eigenvalue weighted by Gasteiger charge is -2.22. The number of carbonyl (C=O) groups is 1. The minimum atomic E-state index is 0.119. The highest BCUT2D eigenvalue weighted by Crippen LogP contribution is 2.33. The Balaban J connectivity index is 1.46. The summed E-state index contributed by atoms with van der Waals surface area (Å²) in [7, 11) is 4.15. The molecule has 0 saturated carbocycles. The molecule has 3 heterocycles. The van der Waals surface area contributed by atoms with Gasteiger partial charge in [0.25, 0.3) is 0 Å². The van der Waals surface area contributed by atoms with Gasteiger partial charge in [0.1, 0.15) is 23.8 Å². The van der Waals surface area contributed by atoms with Gasteiger partial charge in [-0.25, -0.2) is 4.98 Å². The molecule has 1 unspecified atom stereocenters. The van der Waals surface area contributed by atoms with E-state index in [9.17, 15) is 4.79 Å². The maximum absolute atomic E-state index is 11.5. The van der Waals surface area contributed by atoms with Gasteiger partial charge in [0.2, 0.25) is 0 Å². The van der Waals surface area contributed by atoms with Crippen molar-refractivity contribution >= 4 is 28.3 Å². The Bertz CT molecular complexity index is 1090. The highest BCUT2D eigenvalue weighted by molar-refractivity contribution is 5.86. The summed E-state index contributed by atoms with van der Waals surface area (Å²) in [6, 6.07) is 10.6. The molecule has 6 heteroatoms. The number of ether oxygens (including phenoxy) is 1. The number of nitrogens with one attached hydrogen (secondary N) is 2. The summed E-state index contributed by atoms with van der Waals surface area (Å²) in [4.78, 5) is 16.4. The molecule has 144 valence electrons. The van der Waals surface area contributed by atoms with Crippen LogP contribution in [0, 0.1) is 0 Å². The second-order valence-corrected chi connectivity index (χ2v) is 7.73. The molecule has 3 aromatic rings. The Morgan fingerprint density at radius 3 is 3.00 bits per heavy atom. The fourth-order valence-corrected chi connectivity index (χ4v) is 4.43. The Hall–Kier alpha value is -2.86. The topological polar surface area (TPSA) is 68.2 Å². The average Bonchev–Trinajstić information content (AvgIpc) is 2.99. The zero-order valence-electron chi connectivity index (χ0n) is 16.2. The number of Topliss-reactive ketones (excluding diaryl/α,β-unsaturated/α-hetero) is 1. The number of aryl methyl sites for hydroxylation is 1. The molecule has 1 aliphatic heterocycles. The van der Waals surface area contributed by atoms with Crippen molar-refractivity contribution in [3.63, 3.8) is 0 Å². The third-order valence-electron chi connectivity index (χ3n) is 5.98. The van der Waals surface area contributed by atoms with Crippen molar-refractivity contribution in [2.45, 2.75) is 31.7 Å².